The number of amides is 1. The van der Waals surface area contributed by atoms with Crippen LogP contribution in [0.2, 0.25) is 0 Å². The summed E-state index contributed by atoms with van der Waals surface area (Å²) in [5.41, 5.74) is 2.11. The van der Waals surface area contributed by atoms with E-state index in [2.05, 4.69) is 5.16 Å². The van der Waals surface area contributed by atoms with Crippen LogP contribution in [0.15, 0.2) is 10.6 Å². The van der Waals surface area contributed by atoms with Gasteiger partial charge in [0, 0.05) is 12.6 Å². The Kier molecular flexibility index (Phi) is 4.41. The third kappa shape index (κ3) is 3.61. The molecule has 1 amide bonds. The molecule has 0 aliphatic rings. The summed E-state index contributed by atoms with van der Waals surface area (Å²) in [6.45, 7) is 2.68. The van der Waals surface area contributed by atoms with E-state index in [0.717, 1.165) is 0 Å². The zero-order chi connectivity index (χ0) is 12.1. The first-order valence-electron chi connectivity index (χ1n) is 4.86. The molecule has 1 atom stereocenters. The molecule has 16 heavy (non-hydrogen) atoms. The minimum atomic E-state index is -0.492. The predicted octanol–water partition coefficient (Wildman–Crippen LogP) is -0.909. The molecule has 0 fully saturated rings. The van der Waals surface area contributed by atoms with Crippen LogP contribution in [-0.4, -0.2) is 40.8 Å². The number of carbonyl (C=O) groups is 1. The van der Waals surface area contributed by atoms with Gasteiger partial charge in [-0.3, -0.25) is 15.1 Å². The van der Waals surface area contributed by atoms with Crippen molar-refractivity contribution in [3.05, 3.63) is 17.5 Å². The maximum absolute atomic E-state index is 11.1. The second-order valence-corrected chi connectivity index (χ2v) is 3.70. The monoisotopic (exact) mass is 228 g/mol. The van der Waals surface area contributed by atoms with E-state index in [1.807, 2.05) is 17.4 Å². The lowest BCUT2D eigenvalue weighted by atomic mass is 10.3. The predicted molar refractivity (Wildman–Crippen MR) is 56.2 cm³/mol. The van der Waals surface area contributed by atoms with Crippen molar-refractivity contribution >= 4 is 5.91 Å². The summed E-state index contributed by atoms with van der Waals surface area (Å²) < 4.78 is 4.95. The molecule has 4 N–H and O–H groups in total. The summed E-state index contributed by atoms with van der Waals surface area (Å²) in [4.78, 5) is 12.9. The summed E-state index contributed by atoms with van der Waals surface area (Å²) in [6, 6.07) is 1.51. The van der Waals surface area contributed by atoms with Gasteiger partial charge in [0.05, 0.1) is 12.6 Å². The highest BCUT2D eigenvalue weighted by molar-refractivity contribution is 5.91. The molecule has 0 saturated carbocycles. The Hall–Kier alpha value is -1.44. The van der Waals surface area contributed by atoms with Gasteiger partial charge in [-0.1, -0.05) is 5.16 Å². The summed E-state index contributed by atoms with van der Waals surface area (Å²) >= 11 is 0. The molecule has 0 aliphatic heterocycles. The quantitative estimate of drug-likeness (QED) is 0.342. The standard InChI is InChI=1S/C9H16N4O3/c1-6(14)4-13(2)5-7-3-8(12-16-7)9(15)11-10/h3,6,14H,4-5,10H2,1-2H3,(H,11,15). The highest BCUT2D eigenvalue weighted by Crippen LogP contribution is 2.06. The van der Waals surface area contributed by atoms with Crippen LogP contribution in [0.25, 0.3) is 0 Å². The van der Waals surface area contributed by atoms with Crippen LogP contribution < -0.4 is 11.3 Å². The first-order chi connectivity index (χ1) is 7.52. The molecule has 0 bridgehead atoms. The number of nitrogen functional groups attached to an aromatic ring is 1. The number of likely N-dealkylation sites (N-methyl/N-ethyl adjacent to an activating group) is 1. The number of rotatable bonds is 5. The van der Waals surface area contributed by atoms with E-state index in [9.17, 15) is 4.79 Å². The van der Waals surface area contributed by atoms with Crippen LogP contribution in [-0.2, 0) is 6.54 Å². The molecule has 0 spiro atoms. The van der Waals surface area contributed by atoms with Crippen molar-refractivity contribution in [1.29, 1.82) is 0 Å². The van der Waals surface area contributed by atoms with E-state index in [0.29, 0.717) is 18.8 Å². The van der Waals surface area contributed by atoms with Gasteiger partial charge >= 0.3 is 0 Å². The molecule has 1 unspecified atom stereocenters. The number of aliphatic hydroxyl groups excluding tert-OH is 1. The van der Waals surface area contributed by atoms with Gasteiger partial charge in [0.1, 0.15) is 0 Å². The molecule has 7 heteroatoms. The fraction of sp³-hybridized carbons (Fsp3) is 0.556. The third-order valence-corrected chi connectivity index (χ3v) is 1.92. The van der Waals surface area contributed by atoms with Crippen LogP contribution in [0.3, 0.4) is 0 Å². The lowest BCUT2D eigenvalue weighted by Crippen LogP contribution is -2.30. The van der Waals surface area contributed by atoms with Gasteiger partial charge in [0.15, 0.2) is 11.5 Å². The fourth-order valence-corrected chi connectivity index (χ4v) is 1.35. The van der Waals surface area contributed by atoms with Gasteiger partial charge in [0.2, 0.25) is 0 Å². The zero-order valence-corrected chi connectivity index (χ0v) is 9.30. The molecular weight excluding hydrogens is 212 g/mol. The summed E-state index contributed by atoms with van der Waals surface area (Å²) in [5, 5.41) is 12.7. The van der Waals surface area contributed by atoms with E-state index >= 15 is 0 Å². The summed E-state index contributed by atoms with van der Waals surface area (Å²) in [6.07, 6.45) is -0.417. The van der Waals surface area contributed by atoms with Crippen molar-refractivity contribution in [1.82, 2.24) is 15.5 Å². The Bertz CT molecular complexity index is 350. The topological polar surface area (TPSA) is 105 Å². The minimum Gasteiger partial charge on any atom is -0.392 e. The van der Waals surface area contributed by atoms with Crippen molar-refractivity contribution in [2.24, 2.45) is 5.84 Å². The maximum atomic E-state index is 11.1. The van der Waals surface area contributed by atoms with Gasteiger partial charge in [-0.15, -0.1) is 0 Å². The number of hydrogen-bond acceptors (Lipinski definition) is 6. The number of hydrazine groups is 1. The largest absolute Gasteiger partial charge is 0.392 e. The van der Waals surface area contributed by atoms with E-state index in [1.54, 1.807) is 6.92 Å². The second-order valence-electron chi connectivity index (χ2n) is 3.70. The number of nitrogens with zero attached hydrogens (tertiary/aromatic N) is 2. The zero-order valence-electron chi connectivity index (χ0n) is 9.30. The van der Waals surface area contributed by atoms with Crippen molar-refractivity contribution in [2.75, 3.05) is 13.6 Å². The van der Waals surface area contributed by atoms with Gasteiger partial charge in [-0.25, -0.2) is 5.84 Å². The lowest BCUT2D eigenvalue weighted by Gasteiger charge is -2.15. The van der Waals surface area contributed by atoms with Crippen LogP contribution in [0.1, 0.15) is 23.2 Å². The van der Waals surface area contributed by atoms with E-state index < -0.39 is 12.0 Å². The average molecular weight is 228 g/mol. The second kappa shape index (κ2) is 5.59. The smallest absolute Gasteiger partial charge is 0.287 e. The molecule has 1 rings (SSSR count). The molecule has 0 saturated heterocycles. The molecule has 7 nitrogen and oxygen atoms in total. The molecule has 1 heterocycles. The van der Waals surface area contributed by atoms with E-state index in [1.165, 1.54) is 6.07 Å². The summed E-state index contributed by atoms with van der Waals surface area (Å²) in [7, 11) is 1.83. The van der Waals surface area contributed by atoms with E-state index in [-0.39, 0.29) is 5.69 Å². The molecule has 90 valence electrons. The molecule has 0 radical (unpaired) electrons. The molecule has 0 aromatic carbocycles. The van der Waals surface area contributed by atoms with E-state index in [4.69, 9.17) is 15.5 Å². The number of aliphatic hydroxyl groups is 1. The minimum absolute atomic E-state index is 0.142. The van der Waals surface area contributed by atoms with Crippen LogP contribution in [0.5, 0.6) is 0 Å². The van der Waals surface area contributed by atoms with Gasteiger partial charge in [-0.2, -0.15) is 0 Å². The number of nitrogens with two attached hydrogens (primary N) is 1. The Morgan fingerprint density at radius 1 is 1.81 bits per heavy atom. The van der Waals surface area contributed by atoms with Crippen LogP contribution in [0.4, 0.5) is 0 Å². The Morgan fingerprint density at radius 2 is 2.50 bits per heavy atom. The Labute approximate surface area is 93.2 Å². The SMILES string of the molecule is CC(O)CN(C)Cc1cc(C(=O)NN)no1. The number of aromatic nitrogens is 1. The van der Waals surface area contributed by atoms with Crippen LogP contribution in [0, 0.1) is 0 Å². The number of nitrogens with one attached hydrogen (secondary N) is 1. The first kappa shape index (κ1) is 12.6. The van der Waals surface area contributed by atoms with Crippen molar-refractivity contribution in [2.45, 2.75) is 19.6 Å². The lowest BCUT2D eigenvalue weighted by molar-refractivity contribution is 0.0944. The molecule has 0 aliphatic carbocycles. The van der Waals surface area contributed by atoms with Crippen molar-refractivity contribution in [3.8, 4) is 0 Å². The van der Waals surface area contributed by atoms with Gasteiger partial charge in [0.25, 0.3) is 5.91 Å². The molecular formula is C9H16N4O3. The third-order valence-electron chi connectivity index (χ3n) is 1.92. The number of hydrogen-bond donors (Lipinski definition) is 3. The normalized spacial score (nSPS) is 12.8. The highest BCUT2D eigenvalue weighted by Gasteiger charge is 2.12. The van der Waals surface area contributed by atoms with Gasteiger partial charge in [-0.05, 0) is 14.0 Å². The van der Waals surface area contributed by atoms with Crippen molar-refractivity contribution < 1.29 is 14.4 Å². The Balaban J connectivity index is 2.55. The maximum Gasteiger partial charge on any atom is 0.287 e. The first-order valence-corrected chi connectivity index (χ1v) is 4.86. The van der Waals surface area contributed by atoms with Gasteiger partial charge < -0.3 is 9.63 Å². The van der Waals surface area contributed by atoms with Crippen LogP contribution >= 0.6 is 0 Å². The molecule has 1 aromatic rings. The Morgan fingerprint density at radius 3 is 3.06 bits per heavy atom. The summed E-state index contributed by atoms with van der Waals surface area (Å²) in [5.74, 6) is 5.01. The van der Waals surface area contributed by atoms with Crippen molar-refractivity contribution in [3.63, 3.8) is 0 Å². The molecule has 1 aromatic heterocycles. The average Bonchev–Trinajstić information content (AvgIpc) is 2.63. The highest BCUT2D eigenvalue weighted by atomic mass is 16.5. The fourth-order valence-electron chi connectivity index (χ4n) is 1.35. The number of carbonyl (C=O) groups excluding carboxylic acids is 1.